The van der Waals surface area contributed by atoms with E-state index in [1.807, 2.05) is 50.5 Å². The minimum atomic E-state index is -4.67. The van der Waals surface area contributed by atoms with Gasteiger partial charge >= 0.3 is 0 Å². The van der Waals surface area contributed by atoms with Crippen LogP contribution in [0.2, 0.25) is 0 Å². The summed E-state index contributed by atoms with van der Waals surface area (Å²) in [5.74, 6) is 3.37. The SMILES string of the molecule is CNCCc1cc(OC)c2cc1CCc1ccc(cc1)Oc1cc(c(S(=O)(=O)O)cc1OC)C[C@H]1c3c(c(Br)c(OC)c(OC)c3O2)CCN1C. The molecule has 0 aromatic heterocycles. The van der Waals surface area contributed by atoms with Gasteiger partial charge in [-0.15, -0.1) is 0 Å². The van der Waals surface area contributed by atoms with Crippen LogP contribution in [-0.4, -0.2) is 73.5 Å². The van der Waals surface area contributed by atoms with Crippen molar-refractivity contribution in [2.45, 2.75) is 43.0 Å². The number of ether oxygens (including phenoxy) is 6. The van der Waals surface area contributed by atoms with Crippen molar-refractivity contribution in [2.24, 2.45) is 0 Å². The van der Waals surface area contributed by atoms with E-state index in [2.05, 4.69) is 26.1 Å². The Labute approximate surface area is 307 Å². The Bertz CT molecular complexity index is 2040. The molecule has 0 amide bonds. The number of likely N-dealkylation sites (N-methyl/N-ethyl adjacent to an activating group) is 2. The van der Waals surface area contributed by atoms with Crippen molar-refractivity contribution in [3.63, 3.8) is 0 Å². The first-order chi connectivity index (χ1) is 24.5. The Morgan fingerprint density at radius 3 is 2.20 bits per heavy atom. The van der Waals surface area contributed by atoms with Crippen molar-refractivity contribution in [3.05, 3.63) is 86.4 Å². The van der Waals surface area contributed by atoms with Gasteiger partial charge in [0.15, 0.2) is 34.5 Å². The first kappa shape index (κ1) is 36.8. The normalized spacial score (nSPS) is 15.9. The molecule has 4 aromatic rings. The summed E-state index contributed by atoms with van der Waals surface area (Å²) in [6.07, 6.45) is 3.10. The maximum Gasteiger partial charge on any atom is 0.294 e. The molecule has 1 atom stereocenters. The van der Waals surface area contributed by atoms with Crippen LogP contribution in [0.1, 0.15) is 39.4 Å². The fourth-order valence-electron chi connectivity index (χ4n) is 6.98. The van der Waals surface area contributed by atoms with Gasteiger partial charge in [0.25, 0.3) is 10.1 Å². The minimum absolute atomic E-state index is 0.154. The lowest BCUT2D eigenvalue weighted by atomic mass is 9.87. The number of methoxy groups -OCH3 is 4. The van der Waals surface area contributed by atoms with Crippen molar-refractivity contribution < 1.29 is 41.4 Å². The summed E-state index contributed by atoms with van der Waals surface area (Å²) in [5, 5.41) is 3.25. The predicted octanol–water partition coefficient (Wildman–Crippen LogP) is 6.95. The standard InChI is InChI=1S/C38H43BrN2O9S/c1-40-15-13-24-18-29(45-3)32-19-23(24)10-7-22-8-11-26(12-9-22)49-31-20-25(33(51(42,43)44)21-30(31)46-4)17-28-34-27(14-16-41(28)2)35(39)37(47-5)38(48-6)36(34)50-32/h8-9,11-12,18-21,28,40H,7,10,13-17H2,1-6H3,(H,42,43,44)/t28-/m0/s1. The number of nitrogens with one attached hydrogen (secondary N) is 1. The number of nitrogens with zero attached hydrogens (tertiary/aromatic N) is 1. The molecule has 0 saturated carbocycles. The van der Waals surface area contributed by atoms with Crippen LogP contribution in [0, 0.1) is 0 Å². The molecule has 3 aliphatic rings. The Morgan fingerprint density at radius 1 is 0.882 bits per heavy atom. The monoisotopic (exact) mass is 782 g/mol. The number of fused-ring (bicyclic) bond motifs is 3. The lowest BCUT2D eigenvalue weighted by molar-refractivity contribution is 0.219. The molecule has 51 heavy (non-hydrogen) atoms. The molecule has 0 radical (unpaired) electrons. The van der Waals surface area contributed by atoms with Gasteiger partial charge in [-0.2, -0.15) is 8.42 Å². The van der Waals surface area contributed by atoms with E-state index in [1.54, 1.807) is 27.4 Å². The summed E-state index contributed by atoms with van der Waals surface area (Å²) in [6.45, 7) is 1.43. The number of benzene rings is 4. The second-order valence-electron chi connectivity index (χ2n) is 12.6. The molecule has 13 heteroatoms. The predicted molar refractivity (Wildman–Crippen MR) is 197 cm³/mol. The average Bonchev–Trinajstić information content (AvgIpc) is 3.11. The highest BCUT2D eigenvalue weighted by molar-refractivity contribution is 9.10. The minimum Gasteiger partial charge on any atom is -0.493 e. The van der Waals surface area contributed by atoms with Crippen molar-refractivity contribution in [1.82, 2.24) is 10.2 Å². The van der Waals surface area contributed by atoms with Gasteiger partial charge in [0.05, 0.1) is 32.9 Å². The lowest BCUT2D eigenvalue weighted by Gasteiger charge is -2.37. The van der Waals surface area contributed by atoms with E-state index >= 15 is 0 Å². The highest BCUT2D eigenvalue weighted by atomic mass is 79.9. The lowest BCUT2D eigenvalue weighted by Crippen LogP contribution is -2.34. The van der Waals surface area contributed by atoms with Crippen molar-refractivity contribution in [2.75, 3.05) is 55.6 Å². The van der Waals surface area contributed by atoms with Crippen LogP contribution in [0.5, 0.6) is 46.0 Å². The number of rotatable bonds is 8. The molecule has 0 spiro atoms. The molecule has 7 rings (SSSR count). The molecule has 272 valence electrons. The van der Waals surface area contributed by atoms with Gasteiger partial charge in [-0.05, 0) is 127 Å². The van der Waals surface area contributed by atoms with E-state index in [1.165, 1.54) is 13.2 Å². The summed E-state index contributed by atoms with van der Waals surface area (Å²) >= 11 is 3.80. The fraction of sp³-hybridized carbons (Fsp3) is 0.368. The second kappa shape index (κ2) is 15.3. The maximum atomic E-state index is 12.9. The fourth-order valence-corrected chi connectivity index (χ4v) is 8.47. The van der Waals surface area contributed by atoms with Crippen LogP contribution >= 0.6 is 15.9 Å². The molecule has 6 bridgehead atoms. The van der Waals surface area contributed by atoms with Crippen LogP contribution in [0.25, 0.3) is 0 Å². The van der Waals surface area contributed by atoms with Gasteiger partial charge in [0, 0.05) is 24.2 Å². The third kappa shape index (κ3) is 7.36. The van der Waals surface area contributed by atoms with Gasteiger partial charge < -0.3 is 33.7 Å². The highest BCUT2D eigenvalue weighted by Crippen LogP contribution is 2.55. The van der Waals surface area contributed by atoms with Crippen molar-refractivity contribution in [1.29, 1.82) is 0 Å². The van der Waals surface area contributed by atoms with Crippen molar-refractivity contribution >= 4 is 26.0 Å². The summed E-state index contributed by atoms with van der Waals surface area (Å²) in [4.78, 5) is 1.86. The zero-order valence-electron chi connectivity index (χ0n) is 29.6. The van der Waals surface area contributed by atoms with E-state index in [9.17, 15) is 13.0 Å². The van der Waals surface area contributed by atoms with Crippen molar-refractivity contribution in [3.8, 4) is 46.0 Å². The molecular formula is C38H43BrN2O9S. The van der Waals surface area contributed by atoms with Crippen LogP contribution in [-0.2, 0) is 42.2 Å². The Balaban J connectivity index is 1.65. The summed E-state index contributed by atoms with van der Waals surface area (Å²) in [5.41, 5.74) is 5.42. The molecule has 3 aliphatic heterocycles. The van der Waals surface area contributed by atoms with E-state index in [-0.39, 0.29) is 17.1 Å². The Kier molecular flexibility index (Phi) is 11.0. The number of halogens is 1. The molecule has 0 saturated heterocycles. The molecule has 3 heterocycles. The second-order valence-corrected chi connectivity index (χ2v) is 14.8. The zero-order valence-corrected chi connectivity index (χ0v) is 32.0. The molecule has 11 nitrogen and oxygen atoms in total. The van der Waals surface area contributed by atoms with Gasteiger partial charge in [-0.3, -0.25) is 9.45 Å². The van der Waals surface area contributed by atoms with E-state index < -0.39 is 16.2 Å². The quantitative estimate of drug-likeness (QED) is 0.181. The molecule has 2 N–H and O–H groups in total. The van der Waals surface area contributed by atoms with Crippen LogP contribution in [0.15, 0.2) is 57.9 Å². The number of aryl methyl sites for hydroxylation is 2. The first-order valence-electron chi connectivity index (χ1n) is 16.6. The number of hydrogen-bond acceptors (Lipinski definition) is 10. The zero-order chi connectivity index (χ0) is 36.4. The van der Waals surface area contributed by atoms with Crippen LogP contribution < -0.4 is 33.7 Å². The largest absolute Gasteiger partial charge is 0.493 e. The summed E-state index contributed by atoms with van der Waals surface area (Å²) in [6, 6.07) is 14.3. The Morgan fingerprint density at radius 2 is 1.55 bits per heavy atom. The third-order valence-corrected chi connectivity index (χ3v) is 11.4. The maximum absolute atomic E-state index is 12.9. The molecule has 0 unspecified atom stereocenters. The summed E-state index contributed by atoms with van der Waals surface area (Å²) < 4.78 is 73.7. The van der Waals surface area contributed by atoms with Crippen LogP contribution in [0.4, 0.5) is 0 Å². The number of hydrogen-bond donors (Lipinski definition) is 2. The molecule has 0 aliphatic carbocycles. The van der Waals surface area contributed by atoms with E-state index in [0.29, 0.717) is 58.8 Å². The van der Waals surface area contributed by atoms with Gasteiger partial charge in [0.1, 0.15) is 10.6 Å². The van der Waals surface area contributed by atoms with Gasteiger partial charge in [-0.25, -0.2) is 0 Å². The average molecular weight is 784 g/mol. The van der Waals surface area contributed by atoms with Gasteiger partial charge in [-0.1, -0.05) is 12.1 Å². The molecule has 4 aromatic carbocycles. The van der Waals surface area contributed by atoms with E-state index in [0.717, 1.165) is 58.1 Å². The van der Waals surface area contributed by atoms with E-state index in [4.69, 9.17) is 28.4 Å². The molecular weight excluding hydrogens is 740 g/mol. The summed E-state index contributed by atoms with van der Waals surface area (Å²) in [7, 11) is 5.41. The van der Waals surface area contributed by atoms with Gasteiger partial charge in [0.2, 0.25) is 5.75 Å². The van der Waals surface area contributed by atoms with Crippen LogP contribution in [0.3, 0.4) is 0 Å². The third-order valence-electron chi connectivity index (χ3n) is 9.65. The first-order valence-corrected chi connectivity index (χ1v) is 18.9. The smallest absolute Gasteiger partial charge is 0.294 e. The molecule has 0 fully saturated rings. The Hall–Kier alpha value is -4.01. The highest BCUT2D eigenvalue weighted by Gasteiger charge is 2.37. The topological polar surface area (TPSA) is 125 Å².